The molecule has 1 unspecified atom stereocenters. The van der Waals surface area contributed by atoms with Gasteiger partial charge in [0.25, 0.3) is 0 Å². The van der Waals surface area contributed by atoms with Crippen LogP contribution in [0.15, 0.2) is 54.6 Å². The third-order valence-corrected chi connectivity index (χ3v) is 4.63. The van der Waals surface area contributed by atoms with Crippen LogP contribution in [0.1, 0.15) is 28.3 Å². The second-order valence-electron chi connectivity index (χ2n) is 5.05. The van der Waals surface area contributed by atoms with Crippen LogP contribution in [-0.4, -0.2) is 6.54 Å². The molecule has 0 spiro atoms. The first-order chi connectivity index (χ1) is 9.78. The summed E-state index contributed by atoms with van der Waals surface area (Å²) in [7, 11) is 0. The van der Waals surface area contributed by atoms with E-state index in [4.69, 9.17) is 0 Å². The second kappa shape index (κ2) is 5.78. The number of rotatable bonds is 4. The Morgan fingerprint density at radius 3 is 2.50 bits per heavy atom. The van der Waals surface area contributed by atoms with E-state index in [0.29, 0.717) is 6.04 Å². The van der Waals surface area contributed by atoms with Crippen LogP contribution in [0.4, 0.5) is 0 Å². The summed E-state index contributed by atoms with van der Waals surface area (Å²) in [5, 5.41) is 6.21. The zero-order valence-electron chi connectivity index (χ0n) is 11.9. The normalized spacial score (nSPS) is 12.7. The van der Waals surface area contributed by atoms with E-state index >= 15 is 0 Å². The lowest BCUT2D eigenvalue weighted by molar-refractivity contribution is 0.640. The predicted octanol–water partition coefficient (Wildman–Crippen LogP) is 4.91. The Hall–Kier alpha value is -1.64. The Morgan fingerprint density at radius 2 is 1.80 bits per heavy atom. The summed E-state index contributed by atoms with van der Waals surface area (Å²) in [5.41, 5.74) is 1.34. The minimum atomic E-state index is 0.295. The number of hydrogen-bond acceptors (Lipinski definition) is 2. The van der Waals surface area contributed by atoms with Crippen molar-refractivity contribution in [2.75, 3.05) is 6.54 Å². The predicted molar refractivity (Wildman–Crippen MR) is 88.5 cm³/mol. The first kappa shape index (κ1) is 13.3. The molecule has 1 atom stereocenters. The van der Waals surface area contributed by atoms with E-state index in [9.17, 15) is 0 Å². The van der Waals surface area contributed by atoms with Gasteiger partial charge in [0.15, 0.2) is 0 Å². The average molecular weight is 281 g/mol. The SMILES string of the molecule is CCNC(c1ccc2ccccc2c1)c1ccc(C)s1. The van der Waals surface area contributed by atoms with Crippen LogP contribution in [0.5, 0.6) is 0 Å². The lowest BCUT2D eigenvalue weighted by Gasteiger charge is -2.17. The van der Waals surface area contributed by atoms with Crippen LogP contribution in [0.25, 0.3) is 10.8 Å². The summed E-state index contributed by atoms with van der Waals surface area (Å²) in [5.74, 6) is 0. The van der Waals surface area contributed by atoms with Crippen LogP contribution in [0.3, 0.4) is 0 Å². The fourth-order valence-electron chi connectivity index (χ4n) is 2.58. The molecule has 2 heteroatoms. The summed E-state index contributed by atoms with van der Waals surface area (Å²) in [6.45, 7) is 5.29. The van der Waals surface area contributed by atoms with Gasteiger partial charge in [-0.1, -0.05) is 43.3 Å². The molecule has 1 aromatic heterocycles. The minimum Gasteiger partial charge on any atom is -0.306 e. The van der Waals surface area contributed by atoms with Crippen molar-refractivity contribution in [3.05, 3.63) is 69.9 Å². The van der Waals surface area contributed by atoms with E-state index in [-0.39, 0.29) is 0 Å². The highest BCUT2D eigenvalue weighted by Gasteiger charge is 2.14. The van der Waals surface area contributed by atoms with Crippen LogP contribution in [-0.2, 0) is 0 Å². The molecule has 1 heterocycles. The molecule has 3 rings (SSSR count). The molecule has 102 valence electrons. The molecule has 0 saturated heterocycles. The molecule has 0 amide bonds. The lowest BCUT2D eigenvalue weighted by Crippen LogP contribution is -2.20. The summed E-state index contributed by atoms with van der Waals surface area (Å²) >= 11 is 1.87. The Kier molecular flexibility index (Phi) is 3.86. The monoisotopic (exact) mass is 281 g/mol. The Balaban J connectivity index is 2.04. The van der Waals surface area contributed by atoms with Gasteiger partial charge >= 0.3 is 0 Å². The molecule has 1 N–H and O–H groups in total. The Labute approximate surface area is 124 Å². The van der Waals surface area contributed by atoms with E-state index in [1.165, 1.54) is 26.1 Å². The third-order valence-electron chi connectivity index (χ3n) is 3.56. The van der Waals surface area contributed by atoms with E-state index in [2.05, 4.69) is 73.8 Å². The van der Waals surface area contributed by atoms with E-state index in [0.717, 1.165) is 6.54 Å². The van der Waals surface area contributed by atoms with Gasteiger partial charge in [-0.3, -0.25) is 0 Å². The average Bonchev–Trinajstić information content (AvgIpc) is 2.90. The highest BCUT2D eigenvalue weighted by molar-refractivity contribution is 7.12. The molecule has 20 heavy (non-hydrogen) atoms. The third kappa shape index (κ3) is 2.62. The number of benzene rings is 2. The minimum absolute atomic E-state index is 0.295. The Bertz CT molecular complexity index is 714. The molecule has 1 nitrogen and oxygen atoms in total. The number of thiophene rings is 1. The largest absolute Gasteiger partial charge is 0.306 e. The fourth-order valence-corrected chi connectivity index (χ4v) is 3.56. The van der Waals surface area contributed by atoms with Crippen molar-refractivity contribution >= 4 is 22.1 Å². The van der Waals surface area contributed by atoms with Gasteiger partial charge in [0.05, 0.1) is 6.04 Å². The zero-order chi connectivity index (χ0) is 13.9. The number of nitrogens with one attached hydrogen (secondary N) is 1. The van der Waals surface area contributed by atoms with Gasteiger partial charge in [-0.15, -0.1) is 11.3 Å². The van der Waals surface area contributed by atoms with Gasteiger partial charge in [-0.05, 0) is 48.0 Å². The summed E-state index contributed by atoms with van der Waals surface area (Å²) in [4.78, 5) is 2.75. The number of aryl methyl sites for hydroxylation is 1. The van der Waals surface area contributed by atoms with E-state index < -0.39 is 0 Å². The number of hydrogen-bond donors (Lipinski definition) is 1. The Morgan fingerprint density at radius 1 is 1.00 bits per heavy atom. The van der Waals surface area contributed by atoms with Crippen LogP contribution < -0.4 is 5.32 Å². The molecule has 3 aromatic rings. The second-order valence-corrected chi connectivity index (χ2v) is 6.37. The van der Waals surface area contributed by atoms with Crippen molar-refractivity contribution in [3.8, 4) is 0 Å². The van der Waals surface area contributed by atoms with Crippen molar-refractivity contribution in [2.24, 2.45) is 0 Å². The van der Waals surface area contributed by atoms with Crippen LogP contribution in [0, 0.1) is 6.92 Å². The molecule has 0 fully saturated rings. The molecule has 0 aliphatic rings. The summed E-state index contributed by atoms with van der Waals surface area (Å²) in [6.07, 6.45) is 0. The van der Waals surface area contributed by atoms with Gasteiger partial charge in [0.1, 0.15) is 0 Å². The van der Waals surface area contributed by atoms with Crippen molar-refractivity contribution in [1.29, 1.82) is 0 Å². The standard InChI is InChI=1S/C18H19NS/c1-3-19-18(17-11-8-13(2)20-17)16-10-9-14-6-4-5-7-15(14)12-16/h4-12,18-19H,3H2,1-2H3. The summed E-state index contributed by atoms with van der Waals surface area (Å²) in [6, 6.07) is 20.0. The fraction of sp³-hybridized carbons (Fsp3) is 0.222. The molecular formula is C18H19NS. The molecule has 0 aliphatic heterocycles. The van der Waals surface area contributed by atoms with Gasteiger partial charge in [-0.2, -0.15) is 0 Å². The van der Waals surface area contributed by atoms with Crippen molar-refractivity contribution in [1.82, 2.24) is 5.32 Å². The lowest BCUT2D eigenvalue weighted by atomic mass is 10.0. The molecular weight excluding hydrogens is 262 g/mol. The van der Waals surface area contributed by atoms with Crippen LogP contribution in [0.2, 0.25) is 0 Å². The topological polar surface area (TPSA) is 12.0 Å². The van der Waals surface area contributed by atoms with Crippen molar-refractivity contribution in [3.63, 3.8) is 0 Å². The zero-order valence-corrected chi connectivity index (χ0v) is 12.7. The highest BCUT2D eigenvalue weighted by Crippen LogP contribution is 2.30. The number of fused-ring (bicyclic) bond motifs is 1. The van der Waals surface area contributed by atoms with Gasteiger partial charge in [0.2, 0.25) is 0 Å². The molecule has 0 aliphatic carbocycles. The van der Waals surface area contributed by atoms with Gasteiger partial charge in [0, 0.05) is 9.75 Å². The maximum Gasteiger partial charge on any atom is 0.0671 e. The quantitative estimate of drug-likeness (QED) is 0.716. The molecule has 0 radical (unpaired) electrons. The first-order valence-corrected chi connectivity index (χ1v) is 7.88. The summed E-state index contributed by atoms with van der Waals surface area (Å²) < 4.78 is 0. The van der Waals surface area contributed by atoms with E-state index in [1.807, 2.05) is 11.3 Å². The maximum atomic E-state index is 3.60. The van der Waals surface area contributed by atoms with Gasteiger partial charge in [-0.25, -0.2) is 0 Å². The van der Waals surface area contributed by atoms with Crippen LogP contribution >= 0.6 is 11.3 Å². The molecule has 2 aromatic carbocycles. The van der Waals surface area contributed by atoms with E-state index in [1.54, 1.807) is 0 Å². The molecule has 0 bridgehead atoms. The first-order valence-electron chi connectivity index (χ1n) is 7.06. The van der Waals surface area contributed by atoms with Crippen molar-refractivity contribution < 1.29 is 0 Å². The highest BCUT2D eigenvalue weighted by atomic mass is 32.1. The molecule has 0 saturated carbocycles. The maximum absolute atomic E-state index is 3.60. The smallest absolute Gasteiger partial charge is 0.0671 e. The van der Waals surface area contributed by atoms with Gasteiger partial charge < -0.3 is 5.32 Å². The van der Waals surface area contributed by atoms with Crippen molar-refractivity contribution in [2.45, 2.75) is 19.9 Å².